The molecule has 0 saturated heterocycles. The van der Waals surface area contributed by atoms with E-state index in [4.69, 9.17) is 0 Å². The zero-order valence-corrected chi connectivity index (χ0v) is 11.3. The Morgan fingerprint density at radius 2 is 1.65 bits per heavy atom. The highest BCUT2D eigenvalue weighted by molar-refractivity contribution is 6.04. The minimum Gasteiger partial charge on any atom is -0.320 e. The summed E-state index contributed by atoms with van der Waals surface area (Å²) in [5.74, 6) is -1.49. The summed E-state index contributed by atoms with van der Waals surface area (Å²) in [7, 11) is 0. The van der Waals surface area contributed by atoms with Crippen molar-refractivity contribution in [2.24, 2.45) is 0 Å². The highest BCUT2D eigenvalue weighted by atomic mass is 16.6. The van der Waals surface area contributed by atoms with E-state index < -0.39 is 38.3 Å². The second-order valence-corrected chi connectivity index (χ2v) is 4.55. The molecule has 0 saturated carbocycles. The molecule has 0 radical (unpaired) electrons. The summed E-state index contributed by atoms with van der Waals surface area (Å²) in [4.78, 5) is 43.9. The summed E-state index contributed by atoms with van der Waals surface area (Å²) < 4.78 is 0. The summed E-state index contributed by atoms with van der Waals surface area (Å²) in [5, 5.41) is 24.8. The average molecular weight is 283 g/mol. The van der Waals surface area contributed by atoms with Gasteiger partial charge in [-0.3, -0.25) is 29.8 Å². The number of carbonyl (C=O) groups excluding carboxylic acids is 2. The fourth-order valence-electron chi connectivity index (χ4n) is 2.28. The van der Waals surface area contributed by atoms with Crippen LogP contribution in [-0.4, -0.2) is 27.1 Å². The summed E-state index contributed by atoms with van der Waals surface area (Å²) >= 11 is 0. The maximum atomic E-state index is 11.7. The van der Waals surface area contributed by atoms with Gasteiger partial charge in [0.2, 0.25) is 0 Å². The molecule has 0 fully saturated rings. The number of nitrogens with zero attached hydrogens (tertiary/aromatic N) is 2. The molecule has 1 atom stereocenters. The molecule has 108 valence electrons. The van der Waals surface area contributed by atoms with Crippen LogP contribution in [0.4, 0.5) is 0 Å². The number of allylic oxidation sites excluding steroid dienone is 2. The molecule has 0 bridgehead atoms. The molecule has 1 unspecified atom stereocenters. The SMILES string of the molecule is CC(=O)C1=C(C)NC(C)([N+](=O)[O-])C(C(C)=O)=C1[N+](=O)[O-]. The Morgan fingerprint density at radius 1 is 1.15 bits per heavy atom. The molecule has 1 aliphatic rings. The van der Waals surface area contributed by atoms with Gasteiger partial charge in [-0.05, 0) is 20.8 Å². The number of dihydropyridines is 1. The van der Waals surface area contributed by atoms with Crippen LogP contribution in [0.25, 0.3) is 0 Å². The fraction of sp³-hybridized carbons (Fsp3) is 0.455. The van der Waals surface area contributed by atoms with E-state index in [2.05, 4.69) is 5.32 Å². The maximum absolute atomic E-state index is 11.7. The summed E-state index contributed by atoms with van der Waals surface area (Å²) in [5.41, 5.74) is -3.91. The Bertz CT molecular complexity index is 603. The fourth-order valence-corrected chi connectivity index (χ4v) is 2.28. The number of rotatable bonds is 4. The number of carbonyl (C=O) groups is 2. The van der Waals surface area contributed by atoms with Crippen LogP contribution in [0.2, 0.25) is 0 Å². The van der Waals surface area contributed by atoms with E-state index in [1.54, 1.807) is 0 Å². The topological polar surface area (TPSA) is 132 Å². The Hall–Kier alpha value is -2.58. The second kappa shape index (κ2) is 4.83. The summed E-state index contributed by atoms with van der Waals surface area (Å²) in [6.07, 6.45) is 0. The highest BCUT2D eigenvalue weighted by Gasteiger charge is 2.54. The van der Waals surface area contributed by atoms with Crippen molar-refractivity contribution in [3.8, 4) is 0 Å². The van der Waals surface area contributed by atoms with Gasteiger partial charge in [-0.15, -0.1) is 0 Å². The van der Waals surface area contributed by atoms with Gasteiger partial charge in [0.05, 0.1) is 9.85 Å². The minimum absolute atomic E-state index is 0.00611. The van der Waals surface area contributed by atoms with Gasteiger partial charge < -0.3 is 5.32 Å². The predicted molar refractivity (Wildman–Crippen MR) is 66.6 cm³/mol. The molecule has 20 heavy (non-hydrogen) atoms. The first-order valence-electron chi connectivity index (χ1n) is 5.59. The molecular weight excluding hydrogens is 270 g/mol. The Kier molecular flexibility index (Phi) is 3.74. The van der Waals surface area contributed by atoms with Crippen molar-refractivity contribution >= 4 is 11.6 Å². The van der Waals surface area contributed by atoms with E-state index in [0.29, 0.717) is 0 Å². The monoisotopic (exact) mass is 283 g/mol. The van der Waals surface area contributed by atoms with Crippen LogP contribution >= 0.6 is 0 Å². The van der Waals surface area contributed by atoms with Crippen molar-refractivity contribution in [1.29, 1.82) is 0 Å². The lowest BCUT2D eigenvalue weighted by Crippen LogP contribution is -2.55. The lowest BCUT2D eigenvalue weighted by Gasteiger charge is -2.29. The van der Waals surface area contributed by atoms with Gasteiger partial charge in [-0.25, -0.2) is 0 Å². The summed E-state index contributed by atoms with van der Waals surface area (Å²) in [6.45, 7) is 4.45. The molecule has 1 heterocycles. The number of nitro groups is 2. The third kappa shape index (κ3) is 2.17. The Balaban J connectivity index is 3.85. The summed E-state index contributed by atoms with van der Waals surface area (Å²) in [6, 6.07) is 0. The molecule has 9 nitrogen and oxygen atoms in total. The van der Waals surface area contributed by atoms with Crippen LogP contribution in [0.15, 0.2) is 22.5 Å². The first kappa shape index (κ1) is 15.5. The third-order valence-corrected chi connectivity index (χ3v) is 3.02. The van der Waals surface area contributed by atoms with Gasteiger partial charge >= 0.3 is 5.66 Å². The lowest BCUT2D eigenvalue weighted by atomic mass is 9.87. The van der Waals surface area contributed by atoms with E-state index in [1.165, 1.54) is 6.92 Å². The normalized spacial score (nSPS) is 22.4. The molecule has 0 aliphatic carbocycles. The molecule has 1 N–H and O–H groups in total. The van der Waals surface area contributed by atoms with Crippen molar-refractivity contribution in [1.82, 2.24) is 5.32 Å². The smallest absolute Gasteiger partial charge is 0.320 e. The predicted octanol–water partition coefficient (Wildman–Crippen LogP) is 0.565. The zero-order chi connectivity index (χ0) is 15.8. The van der Waals surface area contributed by atoms with E-state index in [-0.39, 0.29) is 11.3 Å². The Labute approximate surface area is 113 Å². The minimum atomic E-state index is -2.14. The third-order valence-electron chi connectivity index (χ3n) is 3.02. The van der Waals surface area contributed by atoms with E-state index >= 15 is 0 Å². The molecule has 0 amide bonds. The van der Waals surface area contributed by atoms with Crippen LogP contribution in [0.1, 0.15) is 27.7 Å². The molecule has 0 spiro atoms. The van der Waals surface area contributed by atoms with Gasteiger partial charge in [0.25, 0.3) is 5.70 Å². The standard InChI is InChI=1S/C11H13N3O6/c1-5-8(6(2)15)10(13(17)18)9(7(3)16)11(4,12-5)14(19)20/h12H,1-4H3. The highest BCUT2D eigenvalue weighted by Crippen LogP contribution is 2.33. The quantitative estimate of drug-likeness (QED) is 0.588. The number of hydrogen-bond acceptors (Lipinski definition) is 7. The molecule has 0 aromatic heterocycles. The first-order valence-corrected chi connectivity index (χ1v) is 5.59. The molecule has 1 aliphatic heterocycles. The maximum Gasteiger partial charge on any atom is 0.327 e. The van der Waals surface area contributed by atoms with E-state index in [0.717, 1.165) is 20.8 Å². The van der Waals surface area contributed by atoms with Crippen molar-refractivity contribution in [3.05, 3.63) is 42.8 Å². The van der Waals surface area contributed by atoms with Gasteiger partial charge in [0.15, 0.2) is 17.1 Å². The van der Waals surface area contributed by atoms with Crippen molar-refractivity contribution in [2.75, 3.05) is 0 Å². The average Bonchev–Trinajstić information content (AvgIpc) is 2.25. The number of nitrogens with one attached hydrogen (secondary N) is 1. The van der Waals surface area contributed by atoms with Crippen molar-refractivity contribution in [3.63, 3.8) is 0 Å². The van der Waals surface area contributed by atoms with Crippen molar-refractivity contribution in [2.45, 2.75) is 33.4 Å². The van der Waals surface area contributed by atoms with Gasteiger partial charge in [-0.2, -0.15) is 0 Å². The van der Waals surface area contributed by atoms with Gasteiger partial charge in [0, 0.05) is 12.6 Å². The van der Waals surface area contributed by atoms with Crippen LogP contribution < -0.4 is 5.32 Å². The molecule has 0 aromatic rings. The lowest BCUT2D eigenvalue weighted by molar-refractivity contribution is -0.561. The van der Waals surface area contributed by atoms with Gasteiger partial charge in [-0.1, -0.05) is 0 Å². The van der Waals surface area contributed by atoms with Crippen LogP contribution in [0.5, 0.6) is 0 Å². The van der Waals surface area contributed by atoms with Crippen molar-refractivity contribution < 1.29 is 19.4 Å². The largest absolute Gasteiger partial charge is 0.327 e. The zero-order valence-electron chi connectivity index (χ0n) is 11.3. The first-order chi connectivity index (χ1) is 9.04. The molecular formula is C11H13N3O6. The van der Waals surface area contributed by atoms with Crippen LogP contribution in [0, 0.1) is 20.2 Å². The van der Waals surface area contributed by atoms with Gasteiger partial charge in [0.1, 0.15) is 5.57 Å². The van der Waals surface area contributed by atoms with Crippen LogP contribution in [0.3, 0.4) is 0 Å². The number of ketones is 2. The number of hydrogen-bond donors (Lipinski definition) is 1. The molecule has 0 aromatic carbocycles. The second-order valence-electron chi connectivity index (χ2n) is 4.55. The van der Waals surface area contributed by atoms with E-state index in [9.17, 15) is 29.8 Å². The molecule has 9 heteroatoms. The Morgan fingerprint density at radius 3 is 1.95 bits per heavy atom. The molecule has 1 rings (SSSR count). The van der Waals surface area contributed by atoms with E-state index in [1.807, 2.05) is 0 Å². The van der Waals surface area contributed by atoms with Crippen LogP contribution in [-0.2, 0) is 9.59 Å². The number of Topliss-reactive ketones (excluding diaryl/α,β-unsaturated/α-hetero) is 2.